The lowest BCUT2D eigenvalue weighted by Crippen LogP contribution is -2.44. The molecular formula is C14H19N3O4. The molecule has 7 heteroatoms. The standard InChI is InChI=1S/C14H19N3O4/c15-9-10-3-1-2-4-16(10)11-7-13-14(21-6-5-20-13)8-12(11)17(18)19/h7-8,10H,1-6,9,15H2. The zero-order valence-corrected chi connectivity index (χ0v) is 11.8. The smallest absolute Gasteiger partial charge is 0.296 e. The summed E-state index contributed by atoms with van der Waals surface area (Å²) in [5, 5.41) is 11.4. The number of rotatable bonds is 3. The van der Waals surface area contributed by atoms with Gasteiger partial charge < -0.3 is 20.1 Å². The minimum absolute atomic E-state index is 0.0552. The lowest BCUT2D eigenvalue weighted by atomic mass is 10.0. The molecule has 0 radical (unpaired) electrons. The van der Waals surface area contributed by atoms with E-state index in [2.05, 4.69) is 0 Å². The van der Waals surface area contributed by atoms with Gasteiger partial charge in [0.15, 0.2) is 11.5 Å². The van der Waals surface area contributed by atoms with Crippen LogP contribution in [-0.2, 0) is 0 Å². The Hall–Kier alpha value is -2.02. The maximum atomic E-state index is 11.4. The molecule has 21 heavy (non-hydrogen) atoms. The number of nitrogens with zero attached hydrogens (tertiary/aromatic N) is 2. The Morgan fingerprint density at radius 1 is 1.29 bits per heavy atom. The van der Waals surface area contributed by atoms with Gasteiger partial charge in [0.25, 0.3) is 5.69 Å². The monoisotopic (exact) mass is 293 g/mol. The first-order valence-corrected chi connectivity index (χ1v) is 7.25. The van der Waals surface area contributed by atoms with E-state index in [1.807, 2.05) is 4.90 Å². The van der Waals surface area contributed by atoms with Crippen molar-refractivity contribution in [2.45, 2.75) is 25.3 Å². The van der Waals surface area contributed by atoms with Gasteiger partial charge in [-0.3, -0.25) is 10.1 Å². The van der Waals surface area contributed by atoms with E-state index in [-0.39, 0.29) is 16.7 Å². The van der Waals surface area contributed by atoms with E-state index in [9.17, 15) is 10.1 Å². The fourth-order valence-electron chi connectivity index (χ4n) is 3.01. The normalized spacial score (nSPS) is 21.2. The zero-order chi connectivity index (χ0) is 14.8. The molecule has 0 aliphatic carbocycles. The SMILES string of the molecule is NCC1CCCCN1c1cc2c(cc1[N+](=O)[O-])OCCO2. The second-order valence-corrected chi connectivity index (χ2v) is 5.32. The Bertz CT molecular complexity index is 549. The second-order valence-electron chi connectivity index (χ2n) is 5.32. The highest BCUT2D eigenvalue weighted by Crippen LogP contribution is 2.42. The Morgan fingerprint density at radius 2 is 2.00 bits per heavy atom. The molecule has 3 rings (SSSR count). The first-order valence-electron chi connectivity index (χ1n) is 7.25. The van der Waals surface area contributed by atoms with E-state index in [0.29, 0.717) is 36.9 Å². The molecule has 1 saturated heterocycles. The number of ether oxygens (including phenoxy) is 2. The van der Waals surface area contributed by atoms with Crippen molar-refractivity contribution < 1.29 is 14.4 Å². The van der Waals surface area contributed by atoms with Gasteiger partial charge in [-0.25, -0.2) is 0 Å². The molecule has 1 unspecified atom stereocenters. The molecule has 0 amide bonds. The maximum Gasteiger partial charge on any atom is 0.296 e. The average Bonchev–Trinajstić information content (AvgIpc) is 2.53. The minimum atomic E-state index is -0.365. The van der Waals surface area contributed by atoms with E-state index in [0.717, 1.165) is 25.8 Å². The first kappa shape index (κ1) is 13.9. The van der Waals surface area contributed by atoms with Crippen molar-refractivity contribution >= 4 is 11.4 Å². The summed E-state index contributed by atoms with van der Waals surface area (Å²) < 4.78 is 11.0. The highest BCUT2D eigenvalue weighted by molar-refractivity contribution is 5.70. The van der Waals surface area contributed by atoms with Crippen LogP contribution in [-0.4, -0.2) is 37.3 Å². The maximum absolute atomic E-state index is 11.4. The zero-order valence-electron chi connectivity index (χ0n) is 11.8. The van der Waals surface area contributed by atoms with Gasteiger partial charge >= 0.3 is 0 Å². The summed E-state index contributed by atoms with van der Waals surface area (Å²) >= 11 is 0. The molecule has 1 aromatic rings. The summed E-state index contributed by atoms with van der Waals surface area (Å²) in [4.78, 5) is 13.1. The Labute approximate surface area is 122 Å². The Balaban J connectivity index is 2.04. The van der Waals surface area contributed by atoms with Crippen LogP contribution in [0.4, 0.5) is 11.4 Å². The van der Waals surface area contributed by atoms with Crippen molar-refractivity contribution in [1.29, 1.82) is 0 Å². The fraction of sp³-hybridized carbons (Fsp3) is 0.571. The number of piperidine rings is 1. The number of nitro benzene ring substituents is 1. The van der Waals surface area contributed by atoms with E-state index in [4.69, 9.17) is 15.2 Å². The Morgan fingerprint density at radius 3 is 2.67 bits per heavy atom. The van der Waals surface area contributed by atoms with Crippen LogP contribution in [0.3, 0.4) is 0 Å². The molecule has 2 N–H and O–H groups in total. The number of hydrogen-bond acceptors (Lipinski definition) is 6. The molecule has 1 aromatic carbocycles. The lowest BCUT2D eigenvalue weighted by molar-refractivity contribution is -0.384. The number of benzene rings is 1. The average molecular weight is 293 g/mol. The molecule has 0 saturated carbocycles. The van der Waals surface area contributed by atoms with Gasteiger partial charge in [-0.2, -0.15) is 0 Å². The van der Waals surface area contributed by atoms with Crippen LogP contribution in [0.5, 0.6) is 11.5 Å². The summed E-state index contributed by atoms with van der Waals surface area (Å²) in [7, 11) is 0. The molecule has 7 nitrogen and oxygen atoms in total. The molecule has 2 aliphatic rings. The number of anilines is 1. The van der Waals surface area contributed by atoms with Crippen molar-refractivity contribution in [2.24, 2.45) is 5.73 Å². The predicted molar refractivity (Wildman–Crippen MR) is 78.1 cm³/mol. The van der Waals surface area contributed by atoms with Gasteiger partial charge in [-0.05, 0) is 19.3 Å². The molecule has 1 fully saturated rings. The van der Waals surface area contributed by atoms with Crippen LogP contribution >= 0.6 is 0 Å². The van der Waals surface area contributed by atoms with Crippen LogP contribution < -0.4 is 20.1 Å². The Kier molecular flexibility index (Phi) is 3.83. The van der Waals surface area contributed by atoms with Crippen LogP contribution in [0.15, 0.2) is 12.1 Å². The van der Waals surface area contributed by atoms with Crippen molar-refractivity contribution in [1.82, 2.24) is 0 Å². The van der Waals surface area contributed by atoms with Gasteiger partial charge in [0.05, 0.1) is 11.0 Å². The van der Waals surface area contributed by atoms with Crippen LogP contribution in [0.2, 0.25) is 0 Å². The summed E-state index contributed by atoms with van der Waals surface area (Å²) in [6.07, 6.45) is 3.08. The number of hydrogen-bond donors (Lipinski definition) is 1. The fourth-order valence-corrected chi connectivity index (χ4v) is 3.01. The number of nitro groups is 1. The predicted octanol–water partition coefficient (Wildman–Crippen LogP) is 1.68. The highest BCUT2D eigenvalue weighted by atomic mass is 16.6. The molecular weight excluding hydrogens is 274 g/mol. The molecule has 2 heterocycles. The van der Waals surface area contributed by atoms with Crippen LogP contribution in [0.25, 0.3) is 0 Å². The lowest BCUT2D eigenvalue weighted by Gasteiger charge is -2.37. The first-order chi connectivity index (χ1) is 10.2. The van der Waals surface area contributed by atoms with Gasteiger partial charge in [0.2, 0.25) is 0 Å². The quantitative estimate of drug-likeness (QED) is 0.673. The minimum Gasteiger partial charge on any atom is -0.486 e. The van der Waals surface area contributed by atoms with Gasteiger partial charge in [-0.15, -0.1) is 0 Å². The number of fused-ring (bicyclic) bond motifs is 1. The van der Waals surface area contributed by atoms with E-state index in [1.54, 1.807) is 6.07 Å². The van der Waals surface area contributed by atoms with Gasteiger partial charge in [0.1, 0.15) is 18.9 Å². The highest BCUT2D eigenvalue weighted by Gasteiger charge is 2.30. The van der Waals surface area contributed by atoms with Crippen molar-refractivity contribution in [3.8, 4) is 11.5 Å². The van der Waals surface area contributed by atoms with Crippen LogP contribution in [0, 0.1) is 10.1 Å². The van der Waals surface area contributed by atoms with Gasteiger partial charge in [-0.1, -0.05) is 0 Å². The number of nitrogens with two attached hydrogens (primary N) is 1. The van der Waals surface area contributed by atoms with Crippen molar-refractivity contribution in [3.63, 3.8) is 0 Å². The third-order valence-corrected chi connectivity index (χ3v) is 4.04. The van der Waals surface area contributed by atoms with E-state index >= 15 is 0 Å². The van der Waals surface area contributed by atoms with Gasteiger partial charge in [0, 0.05) is 25.2 Å². The third kappa shape index (κ3) is 2.61. The van der Waals surface area contributed by atoms with Crippen molar-refractivity contribution in [2.75, 3.05) is 31.2 Å². The molecule has 1 atom stereocenters. The summed E-state index contributed by atoms with van der Waals surface area (Å²) in [6, 6.07) is 3.33. The summed E-state index contributed by atoms with van der Waals surface area (Å²) in [5.41, 5.74) is 6.47. The molecule has 0 bridgehead atoms. The van der Waals surface area contributed by atoms with Crippen molar-refractivity contribution in [3.05, 3.63) is 22.2 Å². The summed E-state index contributed by atoms with van der Waals surface area (Å²) in [5.74, 6) is 1.02. The largest absolute Gasteiger partial charge is 0.486 e. The van der Waals surface area contributed by atoms with Crippen LogP contribution in [0.1, 0.15) is 19.3 Å². The molecule has 2 aliphatic heterocycles. The molecule has 0 spiro atoms. The topological polar surface area (TPSA) is 90.9 Å². The van der Waals surface area contributed by atoms with E-state index in [1.165, 1.54) is 6.07 Å². The third-order valence-electron chi connectivity index (χ3n) is 4.04. The second kappa shape index (κ2) is 5.77. The molecule has 114 valence electrons. The summed E-state index contributed by atoms with van der Waals surface area (Å²) in [6.45, 7) is 2.15. The molecule has 0 aromatic heterocycles. The van der Waals surface area contributed by atoms with E-state index < -0.39 is 0 Å².